The van der Waals surface area contributed by atoms with E-state index in [4.69, 9.17) is 0 Å². The molecule has 1 fully saturated rings. The van der Waals surface area contributed by atoms with Gasteiger partial charge in [0.2, 0.25) is 0 Å². The molecular formula is C11H17NO3S. The van der Waals surface area contributed by atoms with Crippen LogP contribution in [-0.4, -0.2) is 26.1 Å². The van der Waals surface area contributed by atoms with E-state index >= 15 is 0 Å². The molecule has 16 heavy (non-hydrogen) atoms. The van der Waals surface area contributed by atoms with Gasteiger partial charge in [-0.1, -0.05) is 18.2 Å². The van der Waals surface area contributed by atoms with Crippen LogP contribution in [0.2, 0.25) is 0 Å². The molecule has 90 valence electrons. The van der Waals surface area contributed by atoms with Gasteiger partial charge in [-0.05, 0) is 31.4 Å². The lowest BCUT2D eigenvalue weighted by atomic mass is 10.2. The first-order valence-corrected chi connectivity index (χ1v) is 6.84. The third kappa shape index (κ3) is 5.25. The maximum absolute atomic E-state index is 10.3. The number of hydrogen-bond donors (Lipinski definition) is 1. The topological polar surface area (TPSA) is 73.8 Å². The molecule has 0 spiro atoms. The van der Waals surface area contributed by atoms with E-state index in [-0.39, 0.29) is 4.90 Å². The lowest BCUT2D eigenvalue weighted by Gasteiger charge is -2.05. The molecule has 1 heterocycles. The minimum absolute atomic E-state index is 0.185. The van der Waals surface area contributed by atoms with Crippen molar-refractivity contribution in [3.8, 4) is 0 Å². The first-order valence-electron chi connectivity index (χ1n) is 5.43. The molecule has 0 aromatic heterocycles. The predicted molar refractivity (Wildman–Crippen MR) is 59.9 cm³/mol. The number of hydrogen-bond acceptors (Lipinski definition) is 3. The zero-order valence-electron chi connectivity index (χ0n) is 9.13. The number of benzene rings is 1. The number of rotatable bonds is 1. The molecule has 0 saturated carbocycles. The maximum Gasteiger partial charge on any atom is 0.124 e. The summed E-state index contributed by atoms with van der Waals surface area (Å²) in [6, 6.07) is 7.19. The fourth-order valence-electron chi connectivity index (χ4n) is 1.49. The predicted octanol–water partition coefficient (Wildman–Crippen LogP) is 0.324. The summed E-state index contributed by atoms with van der Waals surface area (Å²) < 4.78 is 30.8. The molecule has 0 atom stereocenters. The highest BCUT2D eigenvalue weighted by Gasteiger charge is 1.97. The first-order chi connectivity index (χ1) is 7.61. The summed E-state index contributed by atoms with van der Waals surface area (Å²) in [6.45, 7) is 2.75. The van der Waals surface area contributed by atoms with E-state index in [0.29, 0.717) is 0 Å². The van der Waals surface area contributed by atoms with Crippen LogP contribution in [0.5, 0.6) is 0 Å². The van der Waals surface area contributed by atoms with Gasteiger partial charge >= 0.3 is 0 Å². The molecule has 1 aliphatic rings. The fourth-order valence-corrected chi connectivity index (χ4v) is 1.98. The van der Waals surface area contributed by atoms with Crippen LogP contribution in [0.1, 0.15) is 19.3 Å². The van der Waals surface area contributed by atoms with E-state index < -0.39 is 10.1 Å². The average molecular weight is 243 g/mol. The van der Waals surface area contributed by atoms with Crippen LogP contribution in [-0.2, 0) is 10.1 Å². The van der Waals surface area contributed by atoms with E-state index in [9.17, 15) is 13.0 Å². The Labute approximate surface area is 96.4 Å². The van der Waals surface area contributed by atoms with E-state index in [2.05, 4.69) is 5.32 Å². The quantitative estimate of drug-likeness (QED) is 0.722. The standard InChI is InChI=1S/C6H6O3S.C5H11N/c7-10(8,9)6-4-2-1-3-5-6;1-2-4-6-5-3-1/h1-5H,(H,7,8,9);6H,1-5H2. The highest BCUT2D eigenvalue weighted by Crippen LogP contribution is 2.04. The summed E-state index contributed by atoms with van der Waals surface area (Å²) in [7, 11) is -4.25. The zero-order chi connectivity index (χ0) is 11.9. The summed E-state index contributed by atoms with van der Waals surface area (Å²) in [5, 5.41) is 2.39. The molecule has 1 aromatic rings. The van der Waals surface area contributed by atoms with Crippen LogP contribution in [0.25, 0.3) is 0 Å². The summed E-state index contributed by atoms with van der Waals surface area (Å²) in [5.41, 5.74) is 0. The second-order valence-corrected chi connectivity index (χ2v) is 5.07. The Kier molecular flexibility index (Phi) is 5.45. The molecule has 5 heteroatoms. The minimum Gasteiger partial charge on any atom is -0.744 e. The molecular weight excluding hydrogens is 226 g/mol. The van der Waals surface area contributed by atoms with Gasteiger partial charge < -0.3 is 9.87 Å². The van der Waals surface area contributed by atoms with Crippen molar-refractivity contribution < 1.29 is 18.3 Å². The molecule has 1 saturated heterocycles. The fraction of sp³-hybridized carbons (Fsp3) is 0.455. The van der Waals surface area contributed by atoms with Crippen LogP contribution in [0.3, 0.4) is 0 Å². The number of nitrogens with two attached hydrogens (primary N) is 1. The molecule has 0 bridgehead atoms. The van der Waals surface area contributed by atoms with Gasteiger partial charge in [0.1, 0.15) is 10.1 Å². The van der Waals surface area contributed by atoms with Crippen molar-refractivity contribution in [2.45, 2.75) is 24.2 Å². The molecule has 0 unspecified atom stereocenters. The molecule has 0 aliphatic carbocycles. The summed E-state index contributed by atoms with van der Waals surface area (Å²) in [6.07, 6.45) is 4.36. The third-order valence-corrected chi connectivity index (χ3v) is 3.20. The van der Waals surface area contributed by atoms with E-state index in [0.717, 1.165) is 0 Å². The van der Waals surface area contributed by atoms with Crippen molar-refractivity contribution in [2.24, 2.45) is 0 Å². The lowest BCUT2D eigenvalue weighted by molar-refractivity contribution is -0.662. The monoisotopic (exact) mass is 243 g/mol. The van der Waals surface area contributed by atoms with Gasteiger partial charge in [-0.25, -0.2) is 8.42 Å². The van der Waals surface area contributed by atoms with E-state index in [1.165, 1.54) is 56.6 Å². The summed E-state index contributed by atoms with van der Waals surface area (Å²) in [5.74, 6) is 0. The van der Waals surface area contributed by atoms with Crippen molar-refractivity contribution in [1.29, 1.82) is 0 Å². The van der Waals surface area contributed by atoms with Crippen LogP contribution in [0.4, 0.5) is 0 Å². The molecule has 2 rings (SSSR count). The van der Waals surface area contributed by atoms with Crippen molar-refractivity contribution in [3.63, 3.8) is 0 Å². The Morgan fingerprint density at radius 3 is 1.81 bits per heavy atom. The van der Waals surface area contributed by atoms with Gasteiger partial charge in [0.15, 0.2) is 0 Å². The maximum atomic E-state index is 10.3. The first kappa shape index (κ1) is 13.2. The van der Waals surface area contributed by atoms with Gasteiger partial charge in [-0.2, -0.15) is 0 Å². The highest BCUT2D eigenvalue weighted by molar-refractivity contribution is 7.85. The van der Waals surface area contributed by atoms with Gasteiger partial charge in [0.05, 0.1) is 18.0 Å². The van der Waals surface area contributed by atoms with Crippen molar-refractivity contribution >= 4 is 10.1 Å². The van der Waals surface area contributed by atoms with Crippen LogP contribution in [0.15, 0.2) is 35.2 Å². The zero-order valence-corrected chi connectivity index (χ0v) is 9.95. The van der Waals surface area contributed by atoms with E-state index in [1.54, 1.807) is 6.07 Å². The highest BCUT2D eigenvalue weighted by atomic mass is 32.2. The Morgan fingerprint density at radius 1 is 1.00 bits per heavy atom. The summed E-state index contributed by atoms with van der Waals surface area (Å²) >= 11 is 0. The molecule has 1 aromatic carbocycles. The minimum atomic E-state index is -4.25. The van der Waals surface area contributed by atoms with Gasteiger partial charge in [0, 0.05) is 0 Å². The molecule has 1 aliphatic heterocycles. The normalized spacial score (nSPS) is 16.1. The Morgan fingerprint density at radius 2 is 1.56 bits per heavy atom. The molecule has 0 amide bonds. The van der Waals surface area contributed by atoms with Crippen molar-refractivity contribution in [1.82, 2.24) is 0 Å². The van der Waals surface area contributed by atoms with E-state index in [1.807, 2.05) is 0 Å². The Balaban J connectivity index is 0.000000181. The van der Waals surface area contributed by atoms with Crippen LogP contribution < -0.4 is 5.32 Å². The average Bonchev–Trinajstić information content (AvgIpc) is 2.32. The SMILES string of the molecule is C1CC[NH2+]CC1.O=S(=O)([O-])c1ccccc1. The second kappa shape index (κ2) is 6.62. The third-order valence-electron chi connectivity index (χ3n) is 2.35. The lowest BCUT2D eigenvalue weighted by Crippen LogP contribution is -2.85. The number of quaternary nitrogens is 1. The Bertz CT molecular complexity index is 373. The molecule has 4 nitrogen and oxygen atoms in total. The van der Waals surface area contributed by atoms with Gasteiger partial charge in [0.25, 0.3) is 0 Å². The van der Waals surface area contributed by atoms with Crippen molar-refractivity contribution in [2.75, 3.05) is 13.1 Å². The number of piperidine rings is 1. The molecule has 2 N–H and O–H groups in total. The van der Waals surface area contributed by atoms with Gasteiger partial charge in [-0.3, -0.25) is 0 Å². The largest absolute Gasteiger partial charge is 0.744 e. The second-order valence-electron chi connectivity index (χ2n) is 3.69. The molecule has 0 radical (unpaired) electrons. The smallest absolute Gasteiger partial charge is 0.124 e. The van der Waals surface area contributed by atoms with Crippen LogP contribution in [0, 0.1) is 0 Å². The van der Waals surface area contributed by atoms with Gasteiger partial charge in [-0.15, -0.1) is 0 Å². The van der Waals surface area contributed by atoms with Crippen molar-refractivity contribution in [3.05, 3.63) is 30.3 Å². The van der Waals surface area contributed by atoms with Crippen LogP contribution >= 0.6 is 0 Å². The summed E-state index contributed by atoms with van der Waals surface area (Å²) in [4.78, 5) is -0.185. The Hall–Kier alpha value is -0.910.